The molecule has 0 spiro atoms. The molecule has 2 rings (SSSR count). The molecule has 1 aromatic rings. The van der Waals surface area contributed by atoms with E-state index in [1.807, 2.05) is 0 Å². The summed E-state index contributed by atoms with van der Waals surface area (Å²) in [4.78, 5) is 13.3. The van der Waals surface area contributed by atoms with Gasteiger partial charge in [-0.2, -0.15) is 0 Å². The fraction of sp³-hybridized carbons (Fsp3) is 0.500. The van der Waals surface area contributed by atoms with E-state index in [1.54, 1.807) is 0 Å². The van der Waals surface area contributed by atoms with Gasteiger partial charge < -0.3 is 20.1 Å². The summed E-state index contributed by atoms with van der Waals surface area (Å²) in [6.07, 6.45) is -0.996. The number of amides is 2. The number of hydrogen-bond acceptors (Lipinski definition) is 3. The first-order chi connectivity index (χ1) is 10.0. The highest BCUT2D eigenvalue weighted by atomic mass is 19.1. The van der Waals surface area contributed by atoms with Crippen molar-refractivity contribution in [3.05, 3.63) is 29.6 Å². The summed E-state index contributed by atoms with van der Waals surface area (Å²) < 4.78 is 31.6. The molecule has 2 atom stereocenters. The summed E-state index contributed by atoms with van der Waals surface area (Å²) in [5.74, 6) is 0.0264. The van der Waals surface area contributed by atoms with Gasteiger partial charge in [0.05, 0.1) is 26.3 Å². The van der Waals surface area contributed by atoms with Crippen molar-refractivity contribution in [3.8, 4) is 5.75 Å². The average Bonchev–Trinajstić information content (AvgIpc) is 2.86. The Labute approximate surface area is 121 Å². The predicted octanol–water partition coefficient (Wildman–Crippen LogP) is 1.45. The third kappa shape index (κ3) is 3.60. The fourth-order valence-corrected chi connectivity index (χ4v) is 2.44. The molecule has 0 saturated carbocycles. The molecule has 0 aromatic heterocycles. The largest absolute Gasteiger partial charge is 0.496 e. The maximum Gasteiger partial charge on any atom is 0.318 e. The molecule has 21 heavy (non-hydrogen) atoms. The van der Waals surface area contributed by atoms with Crippen LogP contribution in [0.5, 0.6) is 5.75 Å². The third-order valence-corrected chi connectivity index (χ3v) is 3.51. The molecule has 5 nitrogen and oxygen atoms in total. The van der Waals surface area contributed by atoms with E-state index >= 15 is 0 Å². The number of hydrogen-bond donors (Lipinski definition) is 2. The number of ether oxygens (including phenoxy) is 1. The van der Waals surface area contributed by atoms with Gasteiger partial charge in [-0.15, -0.1) is 0 Å². The molecule has 1 fully saturated rings. The lowest BCUT2D eigenvalue weighted by Gasteiger charge is -2.23. The van der Waals surface area contributed by atoms with E-state index in [9.17, 15) is 13.6 Å². The number of alkyl halides is 1. The molecular formula is C14H18F2N2O3. The van der Waals surface area contributed by atoms with Crippen LogP contribution in [0.3, 0.4) is 0 Å². The Morgan fingerprint density at radius 1 is 1.57 bits per heavy atom. The van der Waals surface area contributed by atoms with Crippen molar-refractivity contribution in [2.45, 2.75) is 25.2 Å². The quantitative estimate of drug-likeness (QED) is 0.884. The molecule has 116 valence electrons. The van der Waals surface area contributed by atoms with Crippen LogP contribution in [-0.2, 0) is 6.54 Å². The minimum Gasteiger partial charge on any atom is -0.496 e. The van der Waals surface area contributed by atoms with Crippen molar-refractivity contribution in [3.63, 3.8) is 0 Å². The highest BCUT2D eigenvalue weighted by Gasteiger charge is 2.34. The van der Waals surface area contributed by atoms with Crippen LogP contribution in [0.4, 0.5) is 13.6 Å². The summed E-state index contributed by atoms with van der Waals surface area (Å²) in [5, 5.41) is 11.7. The minimum absolute atomic E-state index is 0.0443. The van der Waals surface area contributed by atoms with E-state index in [1.165, 1.54) is 30.2 Å². The Morgan fingerprint density at radius 3 is 3.00 bits per heavy atom. The molecule has 1 saturated heterocycles. The summed E-state index contributed by atoms with van der Waals surface area (Å²) in [7, 11) is 1.45. The van der Waals surface area contributed by atoms with Gasteiger partial charge in [-0.1, -0.05) is 0 Å². The average molecular weight is 300 g/mol. The van der Waals surface area contributed by atoms with Crippen LogP contribution in [0.25, 0.3) is 0 Å². The number of benzene rings is 1. The lowest BCUT2D eigenvalue weighted by molar-refractivity contribution is 0.156. The zero-order valence-corrected chi connectivity index (χ0v) is 11.7. The lowest BCUT2D eigenvalue weighted by atomic mass is 10.2. The number of halogens is 2. The van der Waals surface area contributed by atoms with E-state index in [2.05, 4.69) is 5.32 Å². The molecule has 1 heterocycles. The zero-order valence-electron chi connectivity index (χ0n) is 11.7. The third-order valence-electron chi connectivity index (χ3n) is 3.51. The molecule has 0 radical (unpaired) electrons. The van der Waals surface area contributed by atoms with Crippen molar-refractivity contribution in [1.82, 2.24) is 10.2 Å². The van der Waals surface area contributed by atoms with Gasteiger partial charge in [-0.3, -0.25) is 0 Å². The fourth-order valence-electron chi connectivity index (χ4n) is 2.44. The van der Waals surface area contributed by atoms with Crippen LogP contribution in [0.1, 0.15) is 12.0 Å². The summed E-state index contributed by atoms with van der Waals surface area (Å²) in [5.41, 5.74) is 0.488. The smallest absolute Gasteiger partial charge is 0.318 e. The number of likely N-dealkylation sites (tertiary alicyclic amines) is 1. The van der Waals surface area contributed by atoms with E-state index in [0.717, 1.165) is 0 Å². The molecule has 0 aliphatic carbocycles. The van der Waals surface area contributed by atoms with Crippen molar-refractivity contribution < 1.29 is 23.4 Å². The van der Waals surface area contributed by atoms with Crippen LogP contribution >= 0.6 is 0 Å². The van der Waals surface area contributed by atoms with Crippen molar-refractivity contribution in [2.24, 2.45) is 0 Å². The second kappa shape index (κ2) is 6.71. The van der Waals surface area contributed by atoms with Crippen LogP contribution in [0.2, 0.25) is 0 Å². The molecule has 1 aromatic carbocycles. The first kappa shape index (κ1) is 15.5. The molecule has 1 aliphatic rings. The number of nitrogens with zero attached hydrogens (tertiary/aromatic N) is 1. The van der Waals surface area contributed by atoms with Gasteiger partial charge in [0.15, 0.2) is 0 Å². The highest BCUT2D eigenvalue weighted by Crippen LogP contribution is 2.21. The van der Waals surface area contributed by atoms with Crippen LogP contribution in [-0.4, -0.2) is 48.5 Å². The molecule has 2 N–H and O–H groups in total. The standard InChI is InChI=1S/C14H18F2N2O3/c1-21-13-3-2-10(15)4-9(13)6-17-14(20)18-7-11(16)5-12(18)8-19/h2-4,11-12,19H,5-8H2,1H3,(H,17,20). The molecule has 2 unspecified atom stereocenters. The van der Waals surface area contributed by atoms with Crippen molar-refractivity contribution in [2.75, 3.05) is 20.3 Å². The first-order valence-corrected chi connectivity index (χ1v) is 6.67. The topological polar surface area (TPSA) is 61.8 Å². The van der Waals surface area contributed by atoms with Gasteiger partial charge in [0.25, 0.3) is 0 Å². The lowest BCUT2D eigenvalue weighted by Crippen LogP contribution is -2.44. The van der Waals surface area contributed by atoms with Gasteiger partial charge in [0.2, 0.25) is 0 Å². The van der Waals surface area contributed by atoms with E-state index in [-0.39, 0.29) is 26.1 Å². The Morgan fingerprint density at radius 2 is 2.33 bits per heavy atom. The second-order valence-electron chi connectivity index (χ2n) is 4.94. The Hall–Kier alpha value is -1.89. The number of carbonyl (C=O) groups is 1. The summed E-state index contributed by atoms with van der Waals surface area (Å²) in [6.45, 7) is -0.264. The summed E-state index contributed by atoms with van der Waals surface area (Å²) in [6, 6.07) is 3.00. The monoisotopic (exact) mass is 300 g/mol. The molecular weight excluding hydrogens is 282 g/mol. The van der Waals surface area contributed by atoms with E-state index < -0.39 is 24.1 Å². The predicted molar refractivity (Wildman–Crippen MR) is 72.3 cm³/mol. The van der Waals surface area contributed by atoms with Crippen LogP contribution < -0.4 is 10.1 Å². The van der Waals surface area contributed by atoms with Crippen LogP contribution in [0, 0.1) is 5.82 Å². The van der Waals surface area contributed by atoms with Crippen LogP contribution in [0.15, 0.2) is 18.2 Å². The first-order valence-electron chi connectivity index (χ1n) is 6.67. The maximum atomic E-state index is 13.3. The zero-order chi connectivity index (χ0) is 15.4. The molecule has 2 amide bonds. The van der Waals surface area contributed by atoms with Gasteiger partial charge in [-0.25, -0.2) is 13.6 Å². The maximum absolute atomic E-state index is 13.3. The SMILES string of the molecule is COc1ccc(F)cc1CNC(=O)N1CC(F)CC1CO. The minimum atomic E-state index is -1.13. The van der Waals surface area contributed by atoms with Gasteiger partial charge in [0, 0.05) is 18.5 Å². The second-order valence-corrected chi connectivity index (χ2v) is 4.94. The number of methoxy groups -OCH3 is 1. The number of aliphatic hydroxyl groups is 1. The van der Waals surface area contributed by atoms with Crippen molar-refractivity contribution in [1.29, 1.82) is 0 Å². The number of carbonyl (C=O) groups excluding carboxylic acids is 1. The number of urea groups is 1. The number of nitrogens with one attached hydrogen (secondary N) is 1. The van der Waals surface area contributed by atoms with Gasteiger partial charge in [0.1, 0.15) is 17.7 Å². The Balaban J connectivity index is 1.99. The van der Waals surface area contributed by atoms with Gasteiger partial charge in [-0.05, 0) is 18.2 Å². The molecule has 1 aliphatic heterocycles. The number of aliphatic hydroxyl groups excluding tert-OH is 1. The Kier molecular flexibility index (Phi) is 4.95. The summed E-state index contributed by atoms with van der Waals surface area (Å²) >= 11 is 0. The number of rotatable bonds is 4. The molecule has 7 heteroatoms. The highest BCUT2D eigenvalue weighted by molar-refractivity contribution is 5.75. The van der Waals surface area contributed by atoms with E-state index in [0.29, 0.717) is 11.3 Å². The normalized spacial score (nSPS) is 21.4. The Bertz CT molecular complexity index is 513. The van der Waals surface area contributed by atoms with Gasteiger partial charge >= 0.3 is 6.03 Å². The van der Waals surface area contributed by atoms with E-state index in [4.69, 9.17) is 9.84 Å². The van der Waals surface area contributed by atoms with Crippen molar-refractivity contribution >= 4 is 6.03 Å². The molecule has 0 bridgehead atoms.